The molecule has 2 aromatic heterocycles. The molecule has 0 atom stereocenters. The van der Waals surface area contributed by atoms with Gasteiger partial charge in [-0.2, -0.15) is 0 Å². The predicted molar refractivity (Wildman–Crippen MR) is 153 cm³/mol. The van der Waals surface area contributed by atoms with Crippen LogP contribution in [0.4, 0.5) is 24.0 Å². The van der Waals surface area contributed by atoms with Gasteiger partial charge in [0, 0.05) is 34.8 Å². The molecule has 2 N–H and O–H groups in total. The van der Waals surface area contributed by atoms with Gasteiger partial charge in [-0.25, -0.2) is 4.98 Å². The number of alkyl halides is 3. The van der Waals surface area contributed by atoms with Gasteiger partial charge in [-0.05, 0) is 42.0 Å². The molecule has 0 aliphatic carbocycles. The SMILES string of the molecule is O=C(O)CCNC(=O)c1ccc(CN(c2ccc(OC(F)(F)F)cc2)c2nc(-c3cc(-c4ccccc4)no3)cs2)cc1. The Hall–Kier alpha value is -5.17. The Bertz CT molecular complexity index is 1690. The third-order valence-electron chi connectivity index (χ3n) is 6.12. The number of thiazole rings is 1. The van der Waals surface area contributed by atoms with E-state index in [1.807, 2.05) is 35.2 Å². The highest BCUT2D eigenvalue weighted by Crippen LogP contribution is 2.36. The van der Waals surface area contributed by atoms with E-state index in [1.165, 1.54) is 35.6 Å². The normalized spacial score (nSPS) is 11.2. The van der Waals surface area contributed by atoms with Gasteiger partial charge in [0.05, 0.1) is 13.0 Å². The molecule has 220 valence electrons. The molecule has 13 heteroatoms. The van der Waals surface area contributed by atoms with Crippen molar-refractivity contribution in [1.29, 1.82) is 0 Å². The van der Waals surface area contributed by atoms with E-state index in [2.05, 4.69) is 15.2 Å². The number of aromatic nitrogens is 2. The number of carbonyl (C=O) groups excluding carboxylic acids is 1. The Morgan fingerprint density at radius 1 is 0.977 bits per heavy atom. The smallest absolute Gasteiger partial charge is 0.481 e. The van der Waals surface area contributed by atoms with Crippen LogP contribution in [0.2, 0.25) is 0 Å². The summed E-state index contributed by atoms with van der Waals surface area (Å²) in [4.78, 5) is 29.6. The lowest BCUT2D eigenvalue weighted by molar-refractivity contribution is -0.274. The van der Waals surface area contributed by atoms with Crippen LogP contribution in [0.5, 0.6) is 5.75 Å². The lowest BCUT2D eigenvalue weighted by Gasteiger charge is -2.23. The van der Waals surface area contributed by atoms with Gasteiger partial charge in [-0.3, -0.25) is 9.59 Å². The van der Waals surface area contributed by atoms with Crippen molar-refractivity contribution in [1.82, 2.24) is 15.5 Å². The summed E-state index contributed by atoms with van der Waals surface area (Å²) in [6, 6.07) is 23.4. The van der Waals surface area contributed by atoms with Crippen LogP contribution in [0, 0.1) is 0 Å². The van der Waals surface area contributed by atoms with Crippen LogP contribution >= 0.6 is 11.3 Å². The Kier molecular flexibility index (Phi) is 8.71. The molecule has 43 heavy (non-hydrogen) atoms. The van der Waals surface area contributed by atoms with E-state index in [0.717, 1.165) is 11.1 Å². The summed E-state index contributed by atoms with van der Waals surface area (Å²) in [5, 5.41) is 17.8. The van der Waals surface area contributed by atoms with Gasteiger partial charge in [0.15, 0.2) is 10.9 Å². The van der Waals surface area contributed by atoms with Gasteiger partial charge in [-0.15, -0.1) is 24.5 Å². The van der Waals surface area contributed by atoms with Gasteiger partial charge in [0.25, 0.3) is 5.91 Å². The van der Waals surface area contributed by atoms with Crippen molar-refractivity contribution in [2.75, 3.05) is 11.4 Å². The van der Waals surface area contributed by atoms with E-state index in [9.17, 15) is 22.8 Å². The molecule has 3 aromatic carbocycles. The summed E-state index contributed by atoms with van der Waals surface area (Å²) >= 11 is 1.31. The minimum atomic E-state index is -4.82. The maximum absolute atomic E-state index is 12.7. The van der Waals surface area contributed by atoms with Gasteiger partial charge < -0.3 is 24.6 Å². The first kappa shape index (κ1) is 29.3. The average Bonchev–Trinajstić information content (AvgIpc) is 3.67. The Morgan fingerprint density at radius 3 is 2.37 bits per heavy atom. The lowest BCUT2D eigenvalue weighted by Crippen LogP contribution is -2.26. The number of ether oxygens (including phenoxy) is 1. The second-order valence-electron chi connectivity index (χ2n) is 9.18. The molecule has 0 saturated carbocycles. The summed E-state index contributed by atoms with van der Waals surface area (Å²) in [6.07, 6.45) is -5.01. The molecule has 0 spiro atoms. The summed E-state index contributed by atoms with van der Waals surface area (Å²) in [5.74, 6) is -1.33. The fourth-order valence-corrected chi connectivity index (χ4v) is 4.90. The number of hydrogen-bond donors (Lipinski definition) is 2. The van der Waals surface area contributed by atoms with Crippen molar-refractivity contribution in [3.05, 3.63) is 101 Å². The van der Waals surface area contributed by atoms with Crippen LogP contribution < -0.4 is 15.0 Å². The molecule has 2 heterocycles. The molecule has 0 aliphatic rings. The summed E-state index contributed by atoms with van der Waals surface area (Å²) in [7, 11) is 0. The fourth-order valence-electron chi connectivity index (χ4n) is 4.07. The van der Waals surface area contributed by atoms with Crippen molar-refractivity contribution in [3.63, 3.8) is 0 Å². The predicted octanol–water partition coefficient (Wildman–Crippen LogP) is 6.91. The number of amides is 1. The molecule has 5 rings (SSSR count). The standard InChI is InChI=1S/C30H23F3N4O5S/c31-30(32,33)41-23-12-10-22(11-13-23)37(17-19-6-8-21(9-7-19)28(40)34-15-14-27(38)39)29-35-25(18-43-29)26-16-24(36-42-26)20-4-2-1-3-5-20/h1-13,16,18H,14-15,17H2,(H,34,40)(H,38,39). The number of aliphatic carboxylic acids is 1. The minimum absolute atomic E-state index is 0.00214. The minimum Gasteiger partial charge on any atom is -0.481 e. The highest BCUT2D eigenvalue weighted by Gasteiger charge is 2.31. The molecule has 0 saturated heterocycles. The first-order chi connectivity index (χ1) is 20.6. The Labute approximate surface area is 247 Å². The third-order valence-corrected chi connectivity index (χ3v) is 6.98. The van der Waals surface area contributed by atoms with Crippen LogP contribution in [0.3, 0.4) is 0 Å². The highest BCUT2D eigenvalue weighted by atomic mass is 32.1. The zero-order valence-electron chi connectivity index (χ0n) is 22.2. The first-order valence-corrected chi connectivity index (χ1v) is 13.7. The number of hydrogen-bond acceptors (Lipinski definition) is 8. The number of carboxylic acid groups (broad SMARTS) is 1. The van der Waals surface area contributed by atoms with Gasteiger partial charge in [0.2, 0.25) is 0 Å². The zero-order valence-corrected chi connectivity index (χ0v) is 23.1. The van der Waals surface area contributed by atoms with E-state index in [-0.39, 0.29) is 25.3 Å². The van der Waals surface area contributed by atoms with Crippen LogP contribution in [0.1, 0.15) is 22.3 Å². The molecule has 0 radical (unpaired) electrons. The maximum Gasteiger partial charge on any atom is 0.573 e. The largest absolute Gasteiger partial charge is 0.573 e. The van der Waals surface area contributed by atoms with Crippen LogP contribution in [-0.2, 0) is 11.3 Å². The molecule has 0 unspecified atom stereocenters. The fraction of sp³-hybridized carbons (Fsp3) is 0.133. The summed E-state index contributed by atoms with van der Waals surface area (Å²) < 4.78 is 47.7. The molecule has 0 bridgehead atoms. The van der Waals surface area contributed by atoms with Crippen molar-refractivity contribution < 1.29 is 37.1 Å². The summed E-state index contributed by atoms with van der Waals surface area (Å²) in [5.41, 5.74) is 3.74. The summed E-state index contributed by atoms with van der Waals surface area (Å²) in [6.45, 7) is 0.265. The molecule has 5 aromatic rings. The Morgan fingerprint density at radius 2 is 1.70 bits per heavy atom. The number of carbonyl (C=O) groups is 2. The number of halogens is 3. The van der Waals surface area contributed by atoms with Crippen molar-refractivity contribution in [3.8, 4) is 28.5 Å². The second kappa shape index (κ2) is 12.8. The molecule has 0 aliphatic heterocycles. The van der Waals surface area contributed by atoms with Crippen molar-refractivity contribution >= 4 is 34.0 Å². The van der Waals surface area contributed by atoms with E-state index < -0.39 is 18.2 Å². The van der Waals surface area contributed by atoms with Crippen LogP contribution in [0.25, 0.3) is 22.7 Å². The second-order valence-corrected chi connectivity index (χ2v) is 10.0. The van der Waals surface area contributed by atoms with E-state index in [4.69, 9.17) is 14.6 Å². The zero-order chi connectivity index (χ0) is 30.4. The average molecular weight is 609 g/mol. The van der Waals surface area contributed by atoms with Crippen molar-refractivity contribution in [2.45, 2.75) is 19.3 Å². The Balaban J connectivity index is 1.39. The molecule has 9 nitrogen and oxygen atoms in total. The van der Waals surface area contributed by atoms with E-state index in [0.29, 0.717) is 33.5 Å². The lowest BCUT2D eigenvalue weighted by atomic mass is 10.1. The number of rotatable bonds is 11. The van der Waals surface area contributed by atoms with Gasteiger partial charge in [0.1, 0.15) is 17.1 Å². The van der Waals surface area contributed by atoms with Crippen LogP contribution in [0.15, 0.2) is 94.8 Å². The quantitative estimate of drug-likeness (QED) is 0.166. The highest BCUT2D eigenvalue weighted by molar-refractivity contribution is 7.14. The maximum atomic E-state index is 12.7. The number of nitrogens with one attached hydrogen (secondary N) is 1. The number of benzene rings is 3. The molecule has 1 amide bonds. The number of nitrogens with zero attached hydrogens (tertiary/aromatic N) is 3. The van der Waals surface area contributed by atoms with E-state index in [1.54, 1.807) is 35.7 Å². The first-order valence-electron chi connectivity index (χ1n) is 12.8. The molecular formula is C30H23F3N4O5S. The van der Waals surface area contributed by atoms with E-state index >= 15 is 0 Å². The van der Waals surface area contributed by atoms with Gasteiger partial charge in [-0.1, -0.05) is 47.6 Å². The number of carboxylic acids is 1. The third kappa shape index (κ3) is 7.77. The van der Waals surface area contributed by atoms with Crippen molar-refractivity contribution in [2.24, 2.45) is 0 Å². The monoisotopic (exact) mass is 608 g/mol. The van der Waals surface area contributed by atoms with Crippen LogP contribution in [-0.4, -0.2) is 40.0 Å². The number of anilines is 2. The van der Waals surface area contributed by atoms with Gasteiger partial charge >= 0.3 is 12.3 Å². The molecular weight excluding hydrogens is 585 g/mol. The molecule has 0 fully saturated rings. The topological polar surface area (TPSA) is 118 Å².